The maximum atomic E-state index is 10.3. The van der Waals surface area contributed by atoms with Gasteiger partial charge in [0, 0.05) is 26.1 Å². The summed E-state index contributed by atoms with van der Waals surface area (Å²) in [6.07, 6.45) is 0.542. The van der Waals surface area contributed by atoms with Gasteiger partial charge in [0.2, 0.25) is 0 Å². The molecule has 1 heterocycles. The number of benzene rings is 1. The first-order valence-electron chi connectivity index (χ1n) is 5.93. The summed E-state index contributed by atoms with van der Waals surface area (Å²) in [5.41, 5.74) is 0.233. The van der Waals surface area contributed by atoms with Gasteiger partial charge in [0.1, 0.15) is 11.4 Å². The molecule has 4 nitrogen and oxygen atoms in total. The van der Waals surface area contributed by atoms with Crippen LogP contribution in [0.5, 0.6) is 5.75 Å². The molecule has 0 aromatic heterocycles. The number of aromatic hydroxyl groups is 1. The smallest absolute Gasteiger partial charge is 0.115 e. The van der Waals surface area contributed by atoms with Gasteiger partial charge in [0.25, 0.3) is 0 Å². The molecule has 0 radical (unpaired) electrons. The third kappa shape index (κ3) is 2.97. The van der Waals surface area contributed by atoms with E-state index in [2.05, 4.69) is 5.32 Å². The fourth-order valence-electron chi connectivity index (χ4n) is 2.09. The highest BCUT2D eigenvalue weighted by atomic mass is 16.5. The molecule has 4 heteroatoms. The number of hydrogen-bond acceptors (Lipinski definition) is 4. The Kier molecular flexibility index (Phi) is 3.66. The van der Waals surface area contributed by atoms with E-state index in [9.17, 15) is 10.2 Å². The van der Waals surface area contributed by atoms with Crippen molar-refractivity contribution in [2.75, 3.05) is 13.2 Å². The predicted molar refractivity (Wildman–Crippen MR) is 64.8 cm³/mol. The maximum absolute atomic E-state index is 10.3. The van der Waals surface area contributed by atoms with Gasteiger partial charge < -0.3 is 20.3 Å². The van der Waals surface area contributed by atoms with Crippen LogP contribution >= 0.6 is 0 Å². The molecule has 2 rings (SSSR count). The van der Waals surface area contributed by atoms with E-state index in [1.807, 2.05) is 19.1 Å². The molecule has 1 aromatic rings. The highest BCUT2D eigenvalue weighted by molar-refractivity contribution is 5.26. The van der Waals surface area contributed by atoms with Gasteiger partial charge >= 0.3 is 0 Å². The minimum Gasteiger partial charge on any atom is -0.508 e. The molecule has 1 saturated heterocycles. The van der Waals surface area contributed by atoms with Crippen molar-refractivity contribution in [3.05, 3.63) is 29.8 Å². The van der Waals surface area contributed by atoms with Gasteiger partial charge in [-0.05, 0) is 24.6 Å². The molecule has 1 fully saturated rings. The second-order valence-corrected chi connectivity index (χ2v) is 4.64. The molecule has 17 heavy (non-hydrogen) atoms. The topological polar surface area (TPSA) is 61.7 Å². The zero-order valence-corrected chi connectivity index (χ0v) is 10.0. The van der Waals surface area contributed by atoms with Crippen molar-refractivity contribution in [3.63, 3.8) is 0 Å². The summed E-state index contributed by atoms with van der Waals surface area (Å²) >= 11 is 0. The largest absolute Gasteiger partial charge is 0.508 e. The minimum absolute atomic E-state index is 0.126. The lowest BCUT2D eigenvalue weighted by Gasteiger charge is -2.26. The molecular weight excluding hydrogens is 218 g/mol. The third-order valence-corrected chi connectivity index (χ3v) is 3.33. The van der Waals surface area contributed by atoms with E-state index in [4.69, 9.17) is 4.74 Å². The van der Waals surface area contributed by atoms with Crippen LogP contribution in [0.2, 0.25) is 0 Å². The highest BCUT2D eigenvalue weighted by Crippen LogP contribution is 2.24. The van der Waals surface area contributed by atoms with Crippen LogP contribution in [0.4, 0.5) is 0 Å². The molecular formula is C13H19NO3. The van der Waals surface area contributed by atoms with Crippen molar-refractivity contribution in [2.45, 2.75) is 31.6 Å². The monoisotopic (exact) mass is 237 g/mol. The molecule has 2 unspecified atom stereocenters. The fourth-order valence-corrected chi connectivity index (χ4v) is 2.09. The molecule has 1 aliphatic rings. The van der Waals surface area contributed by atoms with Gasteiger partial charge in [-0.25, -0.2) is 0 Å². The molecule has 1 aliphatic heterocycles. The van der Waals surface area contributed by atoms with E-state index in [0.717, 1.165) is 5.56 Å². The fraction of sp³-hybridized carbons (Fsp3) is 0.538. The van der Waals surface area contributed by atoms with Gasteiger partial charge in [-0.1, -0.05) is 12.1 Å². The summed E-state index contributed by atoms with van der Waals surface area (Å²) in [5, 5.41) is 22.8. The first kappa shape index (κ1) is 12.4. The standard InChI is InChI=1S/C13H19NO3/c1-10-13(16,5-6-17-10)9-14-8-11-3-2-4-12(15)7-11/h2-4,7,10,14-16H,5-6,8-9H2,1H3. The molecule has 0 saturated carbocycles. The van der Waals surface area contributed by atoms with Crippen LogP contribution in [0.25, 0.3) is 0 Å². The van der Waals surface area contributed by atoms with Crippen molar-refractivity contribution in [1.29, 1.82) is 0 Å². The van der Waals surface area contributed by atoms with Crippen LogP contribution in [-0.4, -0.2) is 35.1 Å². The van der Waals surface area contributed by atoms with Crippen molar-refractivity contribution in [2.24, 2.45) is 0 Å². The van der Waals surface area contributed by atoms with E-state index in [1.54, 1.807) is 12.1 Å². The molecule has 1 aromatic carbocycles. The Balaban J connectivity index is 1.83. The third-order valence-electron chi connectivity index (χ3n) is 3.33. The Morgan fingerprint density at radius 1 is 1.53 bits per heavy atom. The van der Waals surface area contributed by atoms with Crippen LogP contribution in [0, 0.1) is 0 Å². The molecule has 3 N–H and O–H groups in total. The molecule has 0 bridgehead atoms. The van der Waals surface area contributed by atoms with Crippen molar-refractivity contribution in [1.82, 2.24) is 5.32 Å². The van der Waals surface area contributed by atoms with Crippen LogP contribution < -0.4 is 5.32 Å². The first-order valence-corrected chi connectivity index (χ1v) is 5.93. The van der Waals surface area contributed by atoms with Crippen LogP contribution in [0.3, 0.4) is 0 Å². The number of ether oxygens (including phenoxy) is 1. The quantitative estimate of drug-likeness (QED) is 0.731. The average Bonchev–Trinajstić information content (AvgIpc) is 2.60. The number of phenolic OH excluding ortho intramolecular Hbond substituents is 1. The summed E-state index contributed by atoms with van der Waals surface area (Å²) in [7, 11) is 0. The zero-order valence-electron chi connectivity index (χ0n) is 10.0. The number of hydrogen-bond donors (Lipinski definition) is 3. The van der Waals surface area contributed by atoms with Crippen LogP contribution in [-0.2, 0) is 11.3 Å². The average molecular weight is 237 g/mol. The van der Waals surface area contributed by atoms with E-state index < -0.39 is 5.60 Å². The van der Waals surface area contributed by atoms with E-state index in [-0.39, 0.29) is 11.9 Å². The van der Waals surface area contributed by atoms with E-state index >= 15 is 0 Å². The van der Waals surface area contributed by atoms with Gasteiger partial charge in [0.05, 0.1) is 6.10 Å². The first-order chi connectivity index (χ1) is 8.10. The number of rotatable bonds is 4. The van der Waals surface area contributed by atoms with Crippen molar-refractivity contribution >= 4 is 0 Å². The second-order valence-electron chi connectivity index (χ2n) is 4.64. The Morgan fingerprint density at radius 2 is 2.35 bits per heavy atom. The Hall–Kier alpha value is -1.10. The van der Waals surface area contributed by atoms with E-state index in [1.165, 1.54) is 0 Å². The van der Waals surface area contributed by atoms with E-state index in [0.29, 0.717) is 26.1 Å². The summed E-state index contributed by atoms with van der Waals surface area (Å²) < 4.78 is 5.36. The van der Waals surface area contributed by atoms with Crippen LogP contribution in [0.1, 0.15) is 18.9 Å². The Labute approximate surface area is 101 Å². The SMILES string of the molecule is CC1OCCC1(O)CNCc1cccc(O)c1. The molecule has 0 spiro atoms. The summed E-state index contributed by atoms with van der Waals surface area (Å²) in [6, 6.07) is 7.10. The predicted octanol–water partition coefficient (Wildman–Crippen LogP) is 1.02. The molecule has 0 amide bonds. The normalized spacial score (nSPS) is 28.5. The Morgan fingerprint density at radius 3 is 3.00 bits per heavy atom. The van der Waals surface area contributed by atoms with Crippen molar-refractivity contribution in [3.8, 4) is 5.75 Å². The zero-order chi connectivity index (χ0) is 12.3. The number of aliphatic hydroxyl groups is 1. The molecule has 2 atom stereocenters. The number of nitrogens with one attached hydrogen (secondary N) is 1. The van der Waals surface area contributed by atoms with Gasteiger partial charge in [-0.15, -0.1) is 0 Å². The lowest BCUT2D eigenvalue weighted by molar-refractivity contribution is -0.0262. The summed E-state index contributed by atoms with van der Waals surface area (Å²) in [5.74, 6) is 0.264. The van der Waals surface area contributed by atoms with Gasteiger partial charge in [-0.3, -0.25) is 0 Å². The number of phenols is 1. The highest BCUT2D eigenvalue weighted by Gasteiger charge is 2.38. The minimum atomic E-state index is -0.767. The van der Waals surface area contributed by atoms with Crippen molar-refractivity contribution < 1.29 is 14.9 Å². The second kappa shape index (κ2) is 5.04. The van der Waals surface area contributed by atoms with Crippen LogP contribution in [0.15, 0.2) is 24.3 Å². The molecule has 0 aliphatic carbocycles. The summed E-state index contributed by atoms with van der Waals surface area (Å²) in [4.78, 5) is 0. The lowest BCUT2D eigenvalue weighted by atomic mass is 9.96. The maximum Gasteiger partial charge on any atom is 0.115 e. The van der Waals surface area contributed by atoms with Gasteiger partial charge in [-0.2, -0.15) is 0 Å². The summed E-state index contributed by atoms with van der Waals surface area (Å²) in [6.45, 7) is 3.64. The molecule has 94 valence electrons. The van der Waals surface area contributed by atoms with Gasteiger partial charge in [0.15, 0.2) is 0 Å². The Bertz CT molecular complexity index is 383. The lowest BCUT2D eigenvalue weighted by Crippen LogP contribution is -2.45.